The Hall–Kier alpha value is -2.24. The second-order valence-electron chi connectivity index (χ2n) is 5.61. The number of anilines is 3. The van der Waals surface area contributed by atoms with Gasteiger partial charge in [0.2, 0.25) is 11.8 Å². The van der Waals surface area contributed by atoms with E-state index >= 15 is 0 Å². The van der Waals surface area contributed by atoms with Crippen molar-refractivity contribution >= 4 is 28.9 Å². The average molecular weight is 304 g/mol. The van der Waals surface area contributed by atoms with Gasteiger partial charge in [-0.25, -0.2) is 0 Å². The molecule has 0 spiro atoms. The van der Waals surface area contributed by atoms with E-state index in [1.54, 1.807) is 18.0 Å². The molecule has 1 fully saturated rings. The first-order valence-electron chi connectivity index (χ1n) is 7.64. The van der Waals surface area contributed by atoms with Crippen LogP contribution in [0, 0.1) is 0 Å². The molecule has 0 radical (unpaired) electrons. The van der Waals surface area contributed by atoms with E-state index in [4.69, 9.17) is 5.73 Å². The first-order chi connectivity index (χ1) is 10.5. The molecule has 1 aromatic carbocycles. The van der Waals surface area contributed by atoms with Crippen molar-refractivity contribution in [2.24, 2.45) is 0 Å². The first kappa shape index (κ1) is 16.1. The van der Waals surface area contributed by atoms with Gasteiger partial charge in [0.05, 0.1) is 11.4 Å². The van der Waals surface area contributed by atoms with Gasteiger partial charge >= 0.3 is 0 Å². The molecule has 0 bridgehead atoms. The SMILES string of the molecule is CC(=O)N(C)c1ccc(NCCCN2CCCC2=O)c(N)c1. The van der Waals surface area contributed by atoms with E-state index in [0.717, 1.165) is 43.9 Å². The zero-order valence-corrected chi connectivity index (χ0v) is 13.3. The molecule has 1 aromatic rings. The summed E-state index contributed by atoms with van der Waals surface area (Å²) in [5.41, 5.74) is 8.27. The van der Waals surface area contributed by atoms with Crippen molar-refractivity contribution in [2.45, 2.75) is 26.2 Å². The van der Waals surface area contributed by atoms with Gasteiger partial charge in [0.15, 0.2) is 0 Å². The number of hydrogen-bond donors (Lipinski definition) is 2. The average Bonchev–Trinajstić information content (AvgIpc) is 2.89. The van der Waals surface area contributed by atoms with E-state index in [9.17, 15) is 9.59 Å². The molecule has 0 aromatic heterocycles. The standard InChI is InChI=1S/C16H24N4O2/c1-12(21)19(2)13-6-7-15(14(17)11-13)18-8-4-10-20-9-3-5-16(20)22/h6-7,11,18H,3-5,8-10,17H2,1-2H3. The summed E-state index contributed by atoms with van der Waals surface area (Å²) in [5.74, 6) is 0.228. The number of carbonyl (C=O) groups is 2. The van der Waals surface area contributed by atoms with Crippen molar-refractivity contribution in [3.05, 3.63) is 18.2 Å². The molecule has 120 valence electrons. The van der Waals surface area contributed by atoms with Gasteiger partial charge in [0, 0.05) is 45.7 Å². The Morgan fingerprint density at radius 1 is 1.45 bits per heavy atom. The van der Waals surface area contributed by atoms with E-state index in [0.29, 0.717) is 12.1 Å². The van der Waals surface area contributed by atoms with Crippen LogP contribution in [0.1, 0.15) is 26.2 Å². The fraction of sp³-hybridized carbons (Fsp3) is 0.500. The number of likely N-dealkylation sites (tertiary alicyclic amines) is 1. The maximum atomic E-state index is 11.5. The summed E-state index contributed by atoms with van der Waals surface area (Å²) in [7, 11) is 1.72. The Balaban J connectivity index is 1.83. The number of nitrogen functional groups attached to an aromatic ring is 1. The smallest absolute Gasteiger partial charge is 0.223 e. The molecule has 1 aliphatic heterocycles. The summed E-state index contributed by atoms with van der Waals surface area (Å²) in [5, 5.41) is 3.28. The Bertz CT molecular complexity index is 559. The van der Waals surface area contributed by atoms with Crippen LogP contribution in [0.4, 0.5) is 17.1 Å². The largest absolute Gasteiger partial charge is 0.397 e. The number of amides is 2. The van der Waals surface area contributed by atoms with Crippen molar-refractivity contribution < 1.29 is 9.59 Å². The number of benzene rings is 1. The summed E-state index contributed by atoms with van der Waals surface area (Å²) in [4.78, 5) is 26.3. The van der Waals surface area contributed by atoms with Crippen LogP contribution >= 0.6 is 0 Å². The Kier molecular flexibility index (Phi) is 5.25. The Labute approximate surface area is 131 Å². The third-order valence-electron chi connectivity index (χ3n) is 3.99. The molecule has 6 nitrogen and oxygen atoms in total. The van der Waals surface area contributed by atoms with Gasteiger partial charge in [-0.2, -0.15) is 0 Å². The highest BCUT2D eigenvalue weighted by Crippen LogP contribution is 2.24. The molecule has 1 heterocycles. The first-order valence-corrected chi connectivity index (χ1v) is 7.64. The van der Waals surface area contributed by atoms with Crippen LogP contribution in [0.3, 0.4) is 0 Å². The minimum Gasteiger partial charge on any atom is -0.397 e. The zero-order chi connectivity index (χ0) is 16.1. The number of nitrogens with two attached hydrogens (primary N) is 1. The highest BCUT2D eigenvalue weighted by atomic mass is 16.2. The summed E-state index contributed by atoms with van der Waals surface area (Å²) < 4.78 is 0. The molecule has 2 rings (SSSR count). The van der Waals surface area contributed by atoms with Crippen molar-refractivity contribution in [3.63, 3.8) is 0 Å². The lowest BCUT2D eigenvalue weighted by Gasteiger charge is -2.18. The minimum atomic E-state index is -0.0320. The Morgan fingerprint density at radius 2 is 2.23 bits per heavy atom. The third-order valence-corrected chi connectivity index (χ3v) is 3.99. The quantitative estimate of drug-likeness (QED) is 0.619. The molecule has 22 heavy (non-hydrogen) atoms. The molecule has 2 amide bonds. The summed E-state index contributed by atoms with van der Waals surface area (Å²) in [6.45, 7) is 3.95. The molecule has 1 aliphatic rings. The fourth-order valence-electron chi connectivity index (χ4n) is 2.53. The molecule has 0 saturated carbocycles. The van der Waals surface area contributed by atoms with Crippen LogP contribution in [0.2, 0.25) is 0 Å². The summed E-state index contributed by atoms with van der Waals surface area (Å²) >= 11 is 0. The number of hydrogen-bond acceptors (Lipinski definition) is 4. The van der Waals surface area contributed by atoms with Crippen LogP contribution in [0.15, 0.2) is 18.2 Å². The van der Waals surface area contributed by atoms with Crippen molar-refractivity contribution in [2.75, 3.05) is 42.6 Å². The van der Waals surface area contributed by atoms with Gasteiger partial charge in [-0.05, 0) is 31.0 Å². The van der Waals surface area contributed by atoms with E-state index in [-0.39, 0.29) is 11.8 Å². The van der Waals surface area contributed by atoms with Crippen LogP contribution in [-0.2, 0) is 9.59 Å². The number of nitrogens with one attached hydrogen (secondary N) is 1. The summed E-state index contributed by atoms with van der Waals surface area (Å²) in [6.07, 6.45) is 2.55. The minimum absolute atomic E-state index is 0.0320. The van der Waals surface area contributed by atoms with E-state index < -0.39 is 0 Å². The topological polar surface area (TPSA) is 78.7 Å². The lowest BCUT2D eigenvalue weighted by Crippen LogP contribution is -2.27. The van der Waals surface area contributed by atoms with Crippen LogP contribution in [0.25, 0.3) is 0 Å². The van der Waals surface area contributed by atoms with Crippen molar-refractivity contribution in [1.82, 2.24) is 4.90 Å². The Morgan fingerprint density at radius 3 is 2.82 bits per heavy atom. The van der Waals surface area contributed by atoms with Gasteiger partial charge in [-0.1, -0.05) is 0 Å². The van der Waals surface area contributed by atoms with Crippen molar-refractivity contribution in [1.29, 1.82) is 0 Å². The highest BCUT2D eigenvalue weighted by molar-refractivity contribution is 5.92. The molecule has 0 unspecified atom stereocenters. The van der Waals surface area contributed by atoms with Crippen LogP contribution < -0.4 is 16.0 Å². The van der Waals surface area contributed by atoms with E-state index in [1.807, 2.05) is 17.0 Å². The predicted octanol–water partition coefficient (Wildman–Crippen LogP) is 1.68. The summed E-state index contributed by atoms with van der Waals surface area (Å²) in [6, 6.07) is 5.53. The maximum Gasteiger partial charge on any atom is 0.223 e. The van der Waals surface area contributed by atoms with Gasteiger partial charge in [0.25, 0.3) is 0 Å². The lowest BCUT2D eigenvalue weighted by molar-refractivity contribution is -0.127. The molecule has 1 saturated heterocycles. The van der Waals surface area contributed by atoms with Gasteiger partial charge in [-0.3, -0.25) is 9.59 Å². The van der Waals surface area contributed by atoms with Gasteiger partial charge in [-0.15, -0.1) is 0 Å². The highest BCUT2D eigenvalue weighted by Gasteiger charge is 2.18. The zero-order valence-electron chi connectivity index (χ0n) is 13.3. The molecule has 6 heteroatoms. The predicted molar refractivity (Wildman–Crippen MR) is 88.9 cm³/mol. The number of nitrogens with zero attached hydrogens (tertiary/aromatic N) is 2. The van der Waals surface area contributed by atoms with Crippen LogP contribution in [0.5, 0.6) is 0 Å². The van der Waals surface area contributed by atoms with Crippen molar-refractivity contribution in [3.8, 4) is 0 Å². The number of carbonyl (C=O) groups excluding carboxylic acids is 2. The normalized spacial score (nSPS) is 14.3. The molecule has 0 aliphatic carbocycles. The molecular weight excluding hydrogens is 280 g/mol. The fourth-order valence-corrected chi connectivity index (χ4v) is 2.53. The van der Waals surface area contributed by atoms with Gasteiger partial charge in [0.1, 0.15) is 0 Å². The van der Waals surface area contributed by atoms with Crippen LogP contribution in [-0.4, -0.2) is 43.4 Å². The maximum absolute atomic E-state index is 11.5. The van der Waals surface area contributed by atoms with Gasteiger partial charge < -0.3 is 20.9 Å². The molecule has 3 N–H and O–H groups in total. The second kappa shape index (κ2) is 7.15. The van der Waals surface area contributed by atoms with E-state index in [1.165, 1.54) is 6.92 Å². The van der Waals surface area contributed by atoms with E-state index in [2.05, 4.69) is 5.32 Å². The lowest BCUT2D eigenvalue weighted by atomic mass is 10.2. The second-order valence-corrected chi connectivity index (χ2v) is 5.61. The number of rotatable bonds is 6. The molecular formula is C16H24N4O2. The third kappa shape index (κ3) is 3.90. The monoisotopic (exact) mass is 304 g/mol. The molecule has 0 atom stereocenters.